The molecule has 11 heteroatoms. The number of fused-ring (bicyclic) bond motifs is 1. The van der Waals surface area contributed by atoms with Gasteiger partial charge in [0.15, 0.2) is 16.8 Å². The molecule has 0 radical (unpaired) electrons. The van der Waals surface area contributed by atoms with E-state index in [2.05, 4.69) is 0 Å². The summed E-state index contributed by atoms with van der Waals surface area (Å²) >= 11 is 0. The largest absolute Gasteiger partial charge is 0.507 e. The van der Waals surface area contributed by atoms with Gasteiger partial charge in [-0.05, 0) is 31.2 Å². The minimum Gasteiger partial charge on any atom is -0.507 e. The van der Waals surface area contributed by atoms with Crippen LogP contribution in [0.4, 0.5) is 0 Å². The van der Waals surface area contributed by atoms with Crippen LogP contribution < -0.4 is 19.6 Å². The van der Waals surface area contributed by atoms with Gasteiger partial charge in [-0.25, -0.2) is 0 Å². The van der Waals surface area contributed by atoms with Gasteiger partial charge in [0.1, 0.15) is 47.1 Å². The number of benzene rings is 2. The number of aliphatic hydroxyl groups excluding tert-OH is 4. The maximum absolute atomic E-state index is 13.0. The van der Waals surface area contributed by atoms with Gasteiger partial charge in [-0.2, -0.15) is 0 Å². The lowest BCUT2D eigenvalue weighted by Gasteiger charge is -2.39. The van der Waals surface area contributed by atoms with Gasteiger partial charge in [0, 0.05) is 17.2 Å². The summed E-state index contributed by atoms with van der Waals surface area (Å²) in [4.78, 5) is 13.0. The monoisotopic (exact) mass is 490 g/mol. The molecule has 5 N–H and O–H groups in total. The Labute approximate surface area is 199 Å². The Balaban J connectivity index is 1.90. The number of hydrogen-bond acceptors (Lipinski definition) is 11. The van der Waals surface area contributed by atoms with Crippen molar-refractivity contribution in [3.8, 4) is 34.3 Å². The summed E-state index contributed by atoms with van der Waals surface area (Å²) < 4.78 is 27.8. The van der Waals surface area contributed by atoms with Gasteiger partial charge in [-0.15, -0.1) is 0 Å². The number of rotatable bonds is 6. The lowest BCUT2D eigenvalue weighted by atomic mass is 9.99. The molecule has 0 spiro atoms. The first kappa shape index (κ1) is 24.8. The normalized spacial score (nSPS) is 24.4. The highest BCUT2D eigenvalue weighted by Crippen LogP contribution is 2.45. The topological polar surface area (TPSA) is 168 Å². The van der Waals surface area contributed by atoms with Crippen molar-refractivity contribution >= 4 is 11.0 Å². The minimum atomic E-state index is -1.72. The van der Waals surface area contributed by atoms with E-state index in [-0.39, 0.29) is 39.5 Å². The molecule has 2 aromatic carbocycles. The molecule has 3 aromatic rings. The molecule has 1 saturated heterocycles. The average molecular weight is 490 g/mol. The SMILES string of the molecule is COc1ccc(-c2cc(=O)c3c(O)c(C)c(OC)c(O[C@H]4O[C@H](CO)[C@@H](O)[C@H](O)[C@H]4O)c3o2)cc1. The first-order valence-electron chi connectivity index (χ1n) is 10.7. The number of hydrogen-bond donors (Lipinski definition) is 5. The van der Waals surface area contributed by atoms with Crippen molar-refractivity contribution in [1.29, 1.82) is 0 Å². The Kier molecular flexibility index (Phi) is 6.88. The maximum Gasteiger partial charge on any atom is 0.229 e. The third-order valence-corrected chi connectivity index (χ3v) is 5.95. The molecule has 0 unspecified atom stereocenters. The average Bonchev–Trinajstić information content (AvgIpc) is 2.87. The van der Waals surface area contributed by atoms with Gasteiger partial charge in [0.25, 0.3) is 0 Å². The molecule has 0 amide bonds. The van der Waals surface area contributed by atoms with E-state index in [0.29, 0.717) is 11.3 Å². The second kappa shape index (κ2) is 9.72. The zero-order chi connectivity index (χ0) is 25.4. The van der Waals surface area contributed by atoms with Gasteiger partial charge in [-0.3, -0.25) is 4.79 Å². The van der Waals surface area contributed by atoms with Crippen molar-refractivity contribution in [2.45, 2.75) is 37.6 Å². The Morgan fingerprint density at radius 1 is 0.971 bits per heavy atom. The summed E-state index contributed by atoms with van der Waals surface area (Å²) in [6.45, 7) is 0.832. The summed E-state index contributed by atoms with van der Waals surface area (Å²) in [5.74, 6) is 0.164. The van der Waals surface area contributed by atoms with E-state index in [9.17, 15) is 30.3 Å². The molecule has 2 heterocycles. The third-order valence-electron chi connectivity index (χ3n) is 5.95. The van der Waals surface area contributed by atoms with Crippen LogP contribution in [0.2, 0.25) is 0 Å². The molecular formula is C24H26O11. The lowest BCUT2D eigenvalue weighted by molar-refractivity contribution is -0.277. The van der Waals surface area contributed by atoms with Gasteiger partial charge in [0.2, 0.25) is 12.0 Å². The zero-order valence-electron chi connectivity index (χ0n) is 19.2. The van der Waals surface area contributed by atoms with E-state index >= 15 is 0 Å². The van der Waals surface area contributed by atoms with E-state index in [4.69, 9.17) is 23.4 Å². The number of phenols is 1. The van der Waals surface area contributed by atoms with E-state index in [1.807, 2.05) is 0 Å². The molecule has 35 heavy (non-hydrogen) atoms. The summed E-state index contributed by atoms with van der Waals surface area (Å²) in [7, 11) is 2.82. The highest BCUT2D eigenvalue weighted by atomic mass is 16.7. The van der Waals surface area contributed by atoms with Crippen LogP contribution in [0, 0.1) is 6.92 Å². The van der Waals surface area contributed by atoms with Crippen LogP contribution in [0.1, 0.15) is 5.56 Å². The van der Waals surface area contributed by atoms with Crippen molar-refractivity contribution in [1.82, 2.24) is 0 Å². The van der Waals surface area contributed by atoms with Crippen molar-refractivity contribution in [2.75, 3.05) is 20.8 Å². The summed E-state index contributed by atoms with van der Waals surface area (Å²) in [6.07, 6.45) is -7.81. The van der Waals surface area contributed by atoms with Crippen LogP contribution in [-0.2, 0) is 4.74 Å². The predicted molar refractivity (Wildman–Crippen MR) is 122 cm³/mol. The molecule has 188 valence electrons. The predicted octanol–water partition coefficient (Wildman–Crippen LogP) is 0.670. The van der Waals surface area contributed by atoms with Crippen molar-refractivity contribution < 1.29 is 48.9 Å². The number of ether oxygens (including phenoxy) is 4. The molecule has 1 aliphatic rings. The maximum atomic E-state index is 13.0. The fourth-order valence-corrected chi connectivity index (χ4v) is 3.98. The molecule has 4 rings (SSSR count). The first-order chi connectivity index (χ1) is 16.7. The summed E-state index contributed by atoms with van der Waals surface area (Å²) in [5, 5.41) is 50.6. The first-order valence-corrected chi connectivity index (χ1v) is 10.7. The number of aliphatic hydroxyl groups is 4. The van der Waals surface area contributed by atoms with Crippen molar-refractivity contribution in [3.05, 3.63) is 46.1 Å². The molecule has 1 fully saturated rings. The van der Waals surface area contributed by atoms with Crippen LogP contribution in [0.5, 0.6) is 23.0 Å². The smallest absolute Gasteiger partial charge is 0.229 e. The molecule has 1 aliphatic heterocycles. The number of aromatic hydroxyl groups is 1. The molecule has 11 nitrogen and oxygen atoms in total. The van der Waals surface area contributed by atoms with E-state index in [1.165, 1.54) is 27.2 Å². The highest BCUT2D eigenvalue weighted by Gasteiger charge is 2.45. The fourth-order valence-electron chi connectivity index (χ4n) is 3.98. The second-order valence-corrected chi connectivity index (χ2v) is 8.06. The number of phenolic OH excluding ortho intramolecular Hbond substituents is 1. The lowest BCUT2D eigenvalue weighted by Crippen LogP contribution is -2.60. The molecule has 0 bridgehead atoms. The second-order valence-electron chi connectivity index (χ2n) is 8.06. The zero-order valence-corrected chi connectivity index (χ0v) is 19.2. The van der Waals surface area contributed by atoms with Crippen LogP contribution >= 0.6 is 0 Å². The van der Waals surface area contributed by atoms with Crippen LogP contribution in [0.15, 0.2) is 39.5 Å². The third kappa shape index (κ3) is 4.28. The molecular weight excluding hydrogens is 464 g/mol. The minimum absolute atomic E-state index is 0.0120. The quantitative estimate of drug-likeness (QED) is 0.329. The Bertz CT molecular complexity index is 1270. The molecule has 5 atom stereocenters. The Morgan fingerprint density at radius 3 is 2.26 bits per heavy atom. The molecule has 0 saturated carbocycles. The van der Waals surface area contributed by atoms with Crippen LogP contribution in [0.25, 0.3) is 22.3 Å². The van der Waals surface area contributed by atoms with Gasteiger partial charge in [-0.1, -0.05) is 0 Å². The van der Waals surface area contributed by atoms with Gasteiger partial charge < -0.3 is 48.9 Å². The fraction of sp³-hybridized carbons (Fsp3) is 0.375. The van der Waals surface area contributed by atoms with Crippen molar-refractivity contribution in [3.63, 3.8) is 0 Å². The summed E-state index contributed by atoms with van der Waals surface area (Å²) in [5.41, 5.74) is -0.0779. The number of methoxy groups -OCH3 is 2. The van der Waals surface area contributed by atoms with Crippen LogP contribution in [0.3, 0.4) is 0 Å². The van der Waals surface area contributed by atoms with E-state index in [1.54, 1.807) is 24.3 Å². The summed E-state index contributed by atoms with van der Waals surface area (Å²) in [6, 6.07) is 7.92. The molecule has 1 aromatic heterocycles. The Hall–Kier alpha value is -3.35. The standard InChI is InChI=1S/C24H26O11/c1-10-17(27)16-13(26)8-14(11-4-6-12(31-2)7-5-11)33-22(16)23(21(10)32-3)35-24-20(30)19(29)18(28)15(9-25)34-24/h4-8,15,18-20,24-25,27-30H,9H2,1-3H3/t15-,18-,19+,20-,24-/m1/s1. The Morgan fingerprint density at radius 2 is 1.66 bits per heavy atom. The van der Waals surface area contributed by atoms with Crippen LogP contribution in [-0.4, -0.2) is 77.1 Å². The van der Waals surface area contributed by atoms with Gasteiger partial charge in [0.05, 0.1) is 20.8 Å². The van der Waals surface area contributed by atoms with Gasteiger partial charge >= 0.3 is 0 Å². The highest BCUT2D eigenvalue weighted by molar-refractivity contribution is 5.93. The van der Waals surface area contributed by atoms with Crippen molar-refractivity contribution in [2.24, 2.45) is 0 Å². The molecule has 0 aliphatic carbocycles. The van der Waals surface area contributed by atoms with E-state index < -0.39 is 42.7 Å². The van der Waals surface area contributed by atoms with E-state index in [0.717, 1.165) is 0 Å².